The largest absolute Gasteiger partial charge is 0.478 e. The van der Waals surface area contributed by atoms with Crippen LogP contribution in [0.1, 0.15) is 5.56 Å². The van der Waals surface area contributed by atoms with Gasteiger partial charge in [-0.05, 0) is 23.8 Å². The van der Waals surface area contributed by atoms with E-state index < -0.39 is 18.0 Å². The lowest BCUT2D eigenvalue weighted by atomic mass is 10.2. The average Bonchev–Trinajstić information content (AvgIpc) is 2.46. The molecule has 0 saturated heterocycles. The number of carbonyl (C=O) groups excluding carboxylic acids is 2. The predicted octanol–water partition coefficient (Wildman–Crippen LogP) is 1.42. The number of carboxylic acid groups (broad SMARTS) is 1. The molecule has 0 heterocycles. The molecule has 0 aliphatic carbocycles. The fourth-order valence-electron chi connectivity index (χ4n) is 1.39. The number of carboxylic acids is 1. The first-order valence-corrected chi connectivity index (χ1v) is 6.02. The Morgan fingerprint density at radius 1 is 1.29 bits per heavy atom. The van der Waals surface area contributed by atoms with Gasteiger partial charge in [-0.2, -0.15) is 0 Å². The number of hydrogen-bond acceptors (Lipinski definition) is 4. The van der Waals surface area contributed by atoms with Crippen LogP contribution in [0.3, 0.4) is 0 Å². The molecule has 0 spiro atoms. The van der Waals surface area contributed by atoms with Crippen molar-refractivity contribution in [2.24, 2.45) is 0 Å². The number of rotatable bonds is 5. The Balaban J connectivity index is 2.61. The van der Waals surface area contributed by atoms with E-state index in [4.69, 9.17) is 5.11 Å². The van der Waals surface area contributed by atoms with Gasteiger partial charge in [0, 0.05) is 18.8 Å². The summed E-state index contributed by atoms with van der Waals surface area (Å²) in [5.74, 6) is -1.54. The molecule has 1 aromatic carbocycles. The number of ether oxygens (including phenoxy) is 1. The zero-order chi connectivity index (χ0) is 15.8. The van der Waals surface area contributed by atoms with Crippen molar-refractivity contribution in [3.8, 4) is 0 Å². The Morgan fingerprint density at radius 2 is 1.90 bits per heavy atom. The first-order valence-electron chi connectivity index (χ1n) is 6.02. The molecule has 21 heavy (non-hydrogen) atoms. The van der Waals surface area contributed by atoms with Crippen molar-refractivity contribution in [3.63, 3.8) is 0 Å². The zero-order valence-electron chi connectivity index (χ0n) is 11.7. The minimum Gasteiger partial charge on any atom is -0.478 e. The van der Waals surface area contributed by atoms with Gasteiger partial charge in [0.15, 0.2) is 0 Å². The number of esters is 1. The molecule has 0 aliphatic heterocycles. The zero-order valence-corrected chi connectivity index (χ0v) is 11.7. The summed E-state index contributed by atoms with van der Waals surface area (Å²) >= 11 is 0. The Bertz CT molecular complexity index is 551. The molecule has 0 unspecified atom stereocenters. The van der Waals surface area contributed by atoms with E-state index in [1.807, 2.05) is 0 Å². The standard InChI is InChI=1S/C14H16N2O5/c1-16(9-13(19)21-2)14(20)15-11-6-3-10(4-7-11)5-8-12(17)18/h3-8H,9H2,1-2H3,(H,15,20)(H,17,18). The summed E-state index contributed by atoms with van der Waals surface area (Å²) in [7, 11) is 2.72. The van der Waals surface area contributed by atoms with Crippen LogP contribution in [0.5, 0.6) is 0 Å². The highest BCUT2D eigenvalue weighted by Gasteiger charge is 2.12. The number of nitrogens with one attached hydrogen (secondary N) is 1. The van der Waals surface area contributed by atoms with Gasteiger partial charge in [0.1, 0.15) is 6.54 Å². The van der Waals surface area contributed by atoms with Crippen LogP contribution in [0.15, 0.2) is 30.3 Å². The maximum atomic E-state index is 11.8. The van der Waals surface area contributed by atoms with E-state index in [0.29, 0.717) is 11.3 Å². The van der Waals surface area contributed by atoms with Crippen LogP contribution >= 0.6 is 0 Å². The van der Waals surface area contributed by atoms with Crippen molar-refractivity contribution in [2.45, 2.75) is 0 Å². The number of nitrogens with zero attached hydrogens (tertiary/aromatic N) is 1. The first-order chi connectivity index (χ1) is 9.92. The molecule has 7 heteroatoms. The number of carbonyl (C=O) groups is 3. The van der Waals surface area contributed by atoms with Gasteiger partial charge in [-0.15, -0.1) is 0 Å². The summed E-state index contributed by atoms with van der Waals surface area (Å²) in [6.45, 7) is -0.151. The van der Waals surface area contributed by atoms with Crippen molar-refractivity contribution in [2.75, 3.05) is 26.0 Å². The smallest absolute Gasteiger partial charge is 0.328 e. The highest BCUT2D eigenvalue weighted by atomic mass is 16.5. The maximum absolute atomic E-state index is 11.8. The summed E-state index contributed by atoms with van der Waals surface area (Å²) < 4.78 is 4.47. The van der Waals surface area contributed by atoms with Crippen LogP contribution in [0.4, 0.5) is 10.5 Å². The number of likely N-dealkylation sites (N-methyl/N-ethyl adjacent to an activating group) is 1. The second-order valence-electron chi connectivity index (χ2n) is 4.16. The van der Waals surface area contributed by atoms with Gasteiger partial charge >= 0.3 is 18.0 Å². The third-order valence-corrected chi connectivity index (χ3v) is 2.52. The molecule has 0 radical (unpaired) electrons. The Hall–Kier alpha value is -2.83. The molecule has 0 aliphatic rings. The van der Waals surface area contributed by atoms with Gasteiger partial charge in [-0.3, -0.25) is 4.79 Å². The number of urea groups is 1. The van der Waals surface area contributed by atoms with Crippen LogP contribution < -0.4 is 5.32 Å². The van der Waals surface area contributed by atoms with Gasteiger partial charge in [0.25, 0.3) is 0 Å². The van der Waals surface area contributed by atoms with Crippen LogP contribution in [-0.4, -0.2) is 48.7 Å². The van der Waals surface area contributed by atoms with Crippen LogP contribution in [0.2, 0.25) is 0 Å². The number of aliphatic carboxylic acids is 1. The summed E-state index contributed by atoms with van der Waals surface area (Å²) in [6.07, 6.45) is 2.47. The second-order valence-corrected chi connectivity index (χ2v) is 4.16. The number of methoxy groups -OCH3 is 1. The summed E-state index contributed by atoms with van der Waals surface area (Å²) in [6, 6.07) is 6.14. The summed E-state index contributed by atoms with van der Waals surface area (Å²) in [5.41, 5.74) is 1.22. The molecule has 0 fully saturated rings. The maximum Gasteiger partial charge on any atom is 0.328 e. The van der Waals surface area contributed by atoms with E-state index in [2.05, 4.69) is 10.1 Å². The van der Waals surface area contributed by atoms with Crippen LogP contribution in [-0.2, 0) is 14.3 Å². The number of anilines is 1. The molecule has 2 N–H and O–H groups in total. The highest BCUT2D eigenvalue weighted by molar-refractivity contribution is 5.91. The predicted molar refractivity (Wildman–Crippen MR) is 76.8 cm³/mol. The molecule has 1 rings (SSSR count). The van der Waals surface area contributed by atoms with E-state index in [1.165, 1.54) is 25.1 Å². The van der Waals surface area contributed by atoms with E-state index in [0.717, 1.165) is 6.08 Å². The molecular formula is C14H16N2O5. The summed E-state index contributed by atoms with van der Waals surface area (Å²) in [4.78, 5) is 34.4. The molecule has 0 saturated carbocycles. The lowest BCUT2D eigenvalue weighted by molar-refractivity contribution is -0.141. The van der Waals surface area contributed by atoms with E-state index >= 15 is 0 Å². The van der Waals surface area contributed by atoms with Crippen molar-refractivity contribution < 1.29 is 24.2 Å². The topological polar surface area (TPSA) is 95.9 Å². The van der Waals surface area contributed by atoms with Crippen LogP contribution in [0, 0.1) is 0 Å². The lowest BCUT2D eigenvalue weighted by Gasteiger charge is -2.16. The number of amides is 2. The molecule has 0 aromatic heterocycles. The third-order valence-electron chi connectivity index (χ3n) is 2.52. The van der Waals surface area contributed by atoms with Gasteiger partial charge in [-0.25, -0.2) is 9.59 Å². The monoisotopic (exact) mass is 292 g/mol. The van der Waals surface area contributed by atoms with E-state index in [9.17, 15) is 14.4 Å². The number of benzene rings is 1. The fraction of sp³-hybridized carbons (Fsp3) is 0.214. The Kier molecular flexibility index (Phi) is 5.94. The second kappa shape index (κ2) is 7.68. The van der Waals surface area contributed by atoms with Gasteiger partial charge in [0.05, 0.1) is 7.11 Å². The van der Waals surface area contributed by atoms with E-state index in [-0.39, 0.29) is 6.54 Å². The molecule has 1 aromatic rings. The number of hydrogen-bond donors (Lipinski definition) is 2. The molecule has 0 bridgehead atoms. The van der Waals surface area contributed by atoms with Crippen molar-refractivity contribution in [3.05, 3.63) is 35.9 Å². The Labute approximate surface area is 121 Å². The third kappa shape index (κ3) is 5.77. The van der Waals surface area contributed by atoms with E-state index in [1.54, 1.807) is 24.3 Å². The first kappa shape index (κ1) is 16.2. The normalized spacial score (nSPS) is 10.2. The highest BCUT2D eigenvalue weighted by Crippen LogP contribution is 2.11. The van der Waals surface area contributed by atoms with Crippen molar-refractivity contribution >= 4 is 29.7 Å². The minimum atomic E-state index is -1.03. The molecule has 112 valence electrons. The average molecular weight is 292 g/mol. The molecule has 0 atom stereocenters. The van der Waals surface area contributed by atoms with Gasteiger partial charge in [-0.1, -0.05) is 12.1 Å². The van der Waals surface area contributed by atoms with Crippen LogP contribution in [0.25, 0.3) is 6.08 Å². The van der Waals surface area contributed by atoms with Crippen molar-refractivity contribution in [1.29, 1.82) is 0 Å². The molecular weight excluding hydrogens is 276 g/mol. The van der Waals surface area contributed by atoms with Gasteiger partial charge in [0.2, 0.25) is 0 Å². The lowest BCUT2D eigenvalue weighted by Crippen LogP contribution is -2.35. The molecule has 2 amide bonds. The summed E-state index contributed by atoms with van der Waals surface area (Å²) in [5, 5.41) is 11.1. The van der Waals surface area contributed by atoms with Gasteiger partial charge < -0.3 is 20.1 Å². The SMILES string of the molecule is COC(=O)CN(C)C(=O)Nc1ccc(C=CC(=O)O)cc1. The Morgan fingerprint density at radius 3 is 2.43 bits per heavy atom. The molecule has 7 nitrogen and oxygen atoms in total. The minimum absolute atomic E-state index is 0.151. The quantitative estimate of drug-likeness (QED) is 0.632. The van der Waals surface area contributed by atoms with Crippen molar-refractivity contribution in [1.82, 2.24) is 4.90 Å². The fourth-order valence-corrected chi connectivity index (χ4v) is 1.39.